The maximum absolute atomic E-state index is 10.3. The first-order valence-corrected chi connectivity index (χ1v) is 12.2. The lowest BCUT2D eigenvalue weighted by atomic mass is 10.0. The molecule has 0 aromatic carbocycles. The molecule has 176 valence electrons. The zero-order valence-electron chi connectivity index (χ0n) is 19.4. The summed E-state index contributed by atoms with van der Waals surface area (Å²) in [5.74, 6) is -0.653. The third-order valence-corrected chi connectivity index (χ3v) is 4.97. The molecule has 30 heavy (non-hydrogen) atoms. The van der Waals surface area contributed by atoms with Crippen LogP contribution in [0, 0.1) is 0 Å². The number of hydrogen-bond acceptors (Lipinski definition) is 5. The monoisotopic (exact) mass is 426 g/mol. The minimum Gasteiger partial charge on any atom is -0.482 e. The Hall–Kier alpha value is -1.59. The zero-order valence-corrected chi connectivity index (χ0v) is 19.4. The van der Waals surface area contributed by atoms with E-state index >= 15 is 0 Å². The minimum absolute atomic E-state index is 0.345. The number of unbranched alkanes of at least 4 members (excludes halogenated alkanes) is 14. The van der Waals surface area contributed by atoms with E-state index < -0.39 is 5.97 Å². The summed E-state index contributed by atoms with van der Waals surface area (Å²) in [6.07, 6.45) is 23.2. The van der Waals surface area contributed by atoms with Crippen molar-refractivity contribution in [3.05, 3.63) is 0 Å². The summed E-state index contributed by atoms with van der Waals surface area (Å²) in [7, 11) is 0. The van der Waals surface area contributed by atoms with Crippen molar-refractivity contribution in [3.63, 3.8) is 0 Å². The predicted octanol–water partition coefficient (Wildman–Crippen LogP) is 6.42. The van der Waals surface area contributed by atoms with Gasteiger partial charge >= 0.3 is 5.97 Å². The lowest BCUT2D eigenvalue weighted by Crippen LogP contribution is -1.93. The van der Waals surface area contributed by atoms with Crippen molar-refractivity contribution in [2.45, 2.75) is 110 Å². The molecule has 0 amide bonds. The van der Waals surface area contributed by atoms with Gasteiger partial charge in [0.1, 0.15) is 13.2 Å². The number of hydrogen-bond donors (Lipinski definition) is 1. The highest BCUT2D eigenvalue weighted by Crippen LogP contribution is 2.13. The molecule has 0 bridgehead atoms. The summed E-state index contributed by atoms with van der Waals surface area (Å²) in [5, 5.41) is 8.52. The van der Waals surface area contributed by atoms with Gasteiger partial charge in [-0.25, -0.2) is 0 Å². The minimum atomic E-state index is -0.653. The van der Waals surface area contributed by atoms with Crippen LogP contribution in [0.2, 0.25) is 0 Å². The molecule has 2 rings (SSSR count). The van der Waals surface area contributed by atoms with E-state index in [1.165, 1.54) is 96.3 Å². The van der Waals surface area contributed by atoms with E-state index in [9.17, 15) is 4.79 Å². The molecule has 1 N–H and O–H groups in total. The SMILES string of the molecule is C1=NCCO1.C1=NCCO1.CCCCCCCCCCCCCCCCCC(=O)O. The van der Waals surface area contributed by atoms with E-state index in [1.54, 1.807) is 0 Å². The third-order valence-electron chi connectivity index (χ3n) is 4.97. The second kappa shape index (κ2) is 25.4. The first-order chi connectivity index (χ1) is 14.8. The Kier molecular flexibility index (Phi) is 24.1. The van der Waals surface area contributed by atoms with Crippen LogP contribution in [-0.4, -0.2) is 50.2 Å². The van der Waals surface area contributed by atoms with Gasteiger partial charge in [0, 0.05) is 6.42 Å². The summed E-state index contributed by atoms with van der Waals surface area (Å²) in [5.41, 5.74) is 0. The van der Waals surface area contributed by atoms with Crippen LogP contribution in [-0.2, 0) is 14.3 Å². The zero-order chi connectivity index (χ0) is 22.0. The van der Waals surface area contributed by atoms with Crippen molar-refractivity contribution in [1.82, 2.24) is 0 Å². The summed E-state index contributed by atoms with van der Waals surface area (Å²) in [6.45, 7) is 5.52. The number of aliphatic imine (C=N–C) groups is 2. The van der Waals surface area contributed by atoms with Gasteiger partial charge in [-0.15, -0.1) is 0 Å². The molecule has 0 aromatic heterocycles. The molecule has 0 atom stereocenters. The van der Waals surface area contributed by atoms with Crippen molar-refractivity contribution in [3.8, 4) is 0 Å². The van der Waals surface area contributed by atoms with Crippen LogP contribution in [0.15, 0.2) is 9.98 Å². The standard InChI is InChI=1S/C18H36O2.2C3H5NO/c1-2-3-4-5-6-7-8-9-10-11-12-13-14-15-16-17-18(19)20;2*1-2-5-3-4-1/h2-17H2,1H3,(H,19,20);2*3H,1-2H2. The Morgan fingerprint density at radius 2 is 1.07 bits per heavy atom. The quantitative estimate of drug-likeness (QED) is 0.289. The fraction of sp³-hybridized carbons (Fsp3) is 0.875. The molecule has 6 heteroatoms. The number of rotatable bonds is 16. The van der Waals surface area contributed by atoms with Gasteiger partial charge in [0.05, 0.1) is 13.1 Å². The van der Waals surface area contributed by atoms with Crippen molar-refractivity contribution < 1.29 is 19.4 Å². The second-order valence-electron chi connectivity index (χ2n) is 7.86. The van der Waals surface area contributed by atoms with E-state index in [-0.39, 0.29) is 0 Å². The van der Waals surface area contributed by atoms with Crippen LogP contribution in [0.1, 0.15) is 110 Å². The van der Waals surface area contributed by atoms with E-state index in [0.29, 0.717) is 6.42 Å². The Labute approximate surface area is 184 Å². The van der Waals surface area contributed by atoms with Gasteiger partial charge in [0.2, 0.25) is 0 Å². The lowest BCUT2D eigenvalue weighted by Gasteiger charge is -2.03. The van der Waals surface area contributed by atoms with Crippen LogP contribution in [0.5, 0.6) is 0 Å². The van der Waals surface area contributed by atoms with Crippen LogP contribution in [0.4, 0.5) is 0 Å². The highest BCUT2D eigenvalue weighted by Gasteiger charge is 1.97. The Morgan fingerprint density at radius 3 is 1.30 bits per heavy atom. The fourth-order valence-corrected chi connectivity index (χ4v) is 3.17. The Bertz CT molecular complexity index is 386. The van der Waals surface area contributed by atoms with Crippen molar-refractivity contribution in [1.29, 1.82) is 0 Å². The topological polar surface area (TPSA) is 80.5 Å². The first kappa shape index (κ1) is 28.4. The molecular weight excluding hydrogens is 380 g/mol. The smallest absolute Gasteiger partial charge is 0.303 e. The fourth-order valence-electron chi connectivity index (χ4n) is 3.17. The normalized spacial score (nSPS) is 13.6. The van der Waals surface area contributed by atoms with Crippen molar-refractivity contribution >= 4 is 18.8 Å². The molecule has 0 aromatic rings. The van der Waals surface area contributed by atoms with Crippen LogP contribution in [0.25, 0.3) is 0 Å². The van der Waals surface area contributed by atoms with Crippen LogP contribution < -0.4 is 0 Å². The van der Waals surface area contributed by atoms with E-state index in [2.05, 4.69) is 26.4 Å². The van der Waals surface area contributed by atoms with E-state index in [0.717, 1.165) is 39.1 Å². The Morgan fingerprint density at radius 1 is 0.700 bits per heavy atom. The van der Waals surface area contributed by atoms with Gasteiger partial charge < -0.3 is 14.6 Å². The maximum Gasteiger partial charge on any atom is 0.303 e. The first-order valence-electron chi connectivity index (χ1n) is 12.2. The summed E-state index contributed by atoms with van der Waals surface area (Å²) in [6, 6.07) is 0. The van der Waals surface area contributed by atoms with Gasteiger partial charge in [-0.1, -0.05) is 96.8 Å². The van der Waals surface area contributed by atoms with Crippen LogP contribution in [0.3, 0.4) is 0 Å². The summed E-state index contributed by atoms with van der Waals surface area (Å²) >= 11 is 0. The molecule has 6 nitrogen and oxygen atoms in total. The number of carbonyl (C=O) groups is 1. The van der Waals surface area contributed by atoms with Crippen LogP contribution >= 0.6 is 0 Å². The number of ether oxygens (including phenoxy) is 2. The Balaban J connectivity index is 0.000000667. The van der Waals surface area contributed by atoms with Gasteiger partial charge in [0.25, 0.3) is 0 Å². The van der Waals surface area contributed by atoms with Gasteiger partial charge in [0.15, 0.2) is 12.8 Å². The lowest BCUT2D eigenvalue weighted by molar-refractivity contribution is -0.137. The molecule has 2 aliphatic rings. The molecule has 0 fully saturated rings. The van der Waals surface area contributed by atoms with Gasteiger partial charge in [-0.05, 0) is 6.42 Å². The van der Waals surface area contributed by atoms with E-state index in [4.69, 9.17) is 5.11 Å². The average Bonchev–Trinajstić information content (AvgIpc) is 3.49. The summed E-state index contributed by atoms with van der Waals surface area (Å²) in [4.78, 5) is 17.8. The van der Waals surface area contributed by atoms with Gasteiger partial charge in [-0.3, -0.25) is 14.8 Å². The highest BCUT2D eigenvalue weighted by molar-refractivity contribution is 5.66. The molecule has 0 unspecified atom stereocenters. The molecule has 0 saturated heterocycles. The molecule has 0 radical (unpaired) electrons. The van der Waals surface area contributed by atoms with Crippen molar-refractivity contribution in [2.75, 3.05) is 26.3 Å². The maximum atomic E-state index is 10.3. The predicted molar refractivity (Wildman–Crippen MR) is 126 cm³/mol. The number of carboxylic acids is 1. The number of aliphatic carboxylic acids is 1. The second-order valence-corrected chi connectivity index (χ2v) is 7.86. The molecule has 0 aliphatic carbocycles. The van der Waals surface area contributed by atoms with E-state index in [1.807, 2.05) is 0 Å². The third kappa shape index (κ3) is 26.4. The molecular formula is C24H46N2O4. The van der Waals surface area contributed by atoms with Crippen molar-refractivity contribution in [2.24, 2.45) is 9.98 Å². The molecule has 2 aliphatic heterocycles. The molecule has 0 spiro atoms. The largest absolute Gasteiger partial charge is 0.482 e. The molecule has 0 saturated carbocycles. The number of nitrogens with zero attached hydrogens (tertiary/aromatic N) is 2. The molecule has 2 heterocycles. The summed E-state index contributed by atoms with van der Waals surface area (Å²) < 4.78 is 9.31. The number of carboxylic acid groups (broad SMARTS) is 1. The van der Waals surface area contributed by atoms with Gasteiger partial charge in [-0.2, -0.15) is 0 Å². The highest BCUT2D eigenvalue weighted by atomic mass is 16.5. The average molecular weight is 427 g/mol.